The van der Waals surface area contributed by atoms with Crippen LogP contribution in [0.3, 0.4) is 0 Å². The third kappa shape index (κ3) is 3.58. The Morgan fingerprint density at radius 2 is 2.12 bits per heavy atom. The van der Waals surface area contributed by atoms with Crippen molar-refractivity contribution in [3.8, 4) is 6.07 Å². The number of hydrogen-bond acceptors (Lipinski definition) is 5. The highest BCUT2D eigenvalue weighted by Crippen LogP contribution is 2.47. The van der Waals surface area contributed by atoms with E-state index in [0.717, 1.165) is 17.4 Å². The number of aliphatic hydroxyl groups excluding tert-OH is 1. The van der Waals surface area contributed by atoms with Gasteiger partial charge in [0, 0.05) is 5.92 Å². The minimum absolute atomic E-state index is 0.112. The number of benzene rings is 1. The zero-order chi connectivity index (χ0) is 19.1. The average Bonchev–Trinajstić information content (AvgIpc) is 3.20. The predicted molar refractivity (Wildman–Crippen MR) is 94.4 cm³/mol. The molecule has 0 heterocycles. The normalized spacial score (nSPS) is 21.3. The number of fused-ring (bicyclic) bond motifs is 1. The zero-order valence-electron chi connectivity index (χ0n) is 15.3. The lowest BCUT2D eigenvalue weighted by molar-refractivity contribution is -0.110. The number of rotatable bonds is 4. The van der Waals surface area contributed by atoms with Gasteiger partial charge >= 0.3 is 6.09 Å². The Labute approximate surface area is 153 Å². The number of nitrogens with zero attached hydrogens (tertiary/aromatic N) is 1. The third-order valence-corrected chi connectivity index (χ3v) is 5.00. The van der Waals surface area contributed by atoms with Gasteiger partial charge in [-0.2, -0.15) is 5.26 Å². The van der Waals surface area contributed by atoms with Crippen LogP contribution >= 0.6 is 0 Å². The number of carbonyl (C=O) groups excluding carboxylic acids is 2. The molecule has 1 aromatic rings. The van der Waals surface area contributed by atoms with Crippen LogP contribution in [0.2, 0.25) is 0 Å². The van der Waals surface area contributed by atoms with Crippen LogP contribution in [0.1, 0.15) is 62.0 Å². The first-order valence-corrected chi connectivity index (χ1v) is 8.88. The summed E-state index contributed by atoms with van der Waals surface area (Å²) in [6, 6.07) is 5.71. The summed E-state index contributed by atoms with van der Waals surface area (Å²) in [5.41, 5.74) is 1.55. The molecule has 6 heteroatoms. The summed E-state index contributed by atoms with van der Waals surface area (Å²) in [5.74, 6) is -0.112. The molecule has 2 unspecified atom stereocenters. The van der Waals surface area contributed by atoms with E-state index in [9.17, 15) is 20.0 Å². The summed E-state index contributed by atoms with van der Waals surface area (Å²) in [6.07, 6.45) is 1.87. The summed E-state index contributed by atoms with van der Waals surface area (Å²) >= 11 is 0. The van der Waals surface area contributed by atoms with Crippen molar-refractivity contribution in [1.82, 2.24) is 5.32 Å². The molecule has 0 saturated heterocycles. The molecule has 1 saturated carbocycles. The van der Waals surface area contributed by atoms with E-state index >= 15 is 0 Å². The predicted octanol–water partition coefficient (Wildman–Crippen LogP) is 2.56. The van der Waals surface area contributed by atoms with E-state index in [-0.39, 0.29) is 5.92 Å². The van der Waals surface area contributed by atoms with Gasteiger partial charge in [0.05, 0.1) is 17.2 Å². The van der Waals surface area contributed by atoms with Gasteiger partial charge in [-0.3, -0.25) is 0 Å². The van der Waals surface area contributed by atoms with Crippen molar-refractivity contribution in [3.05, 3.63) is 34.4 Å². The molecular formula is C20H24N2O4. The standard InChI is InChI=1S/C20H24N2O4/c1-19(2,3)26-18(25)22-20(4-5-20)17(24)14-8-13-6-12(11-23)7-16(13)15(9-14)10-21/h8-9,11-12,17,24H,4-7H2,1-3H3,(H,22,25). The number of ether oxygens (including phenoxy) is 1. The largest absolute Gasteiger partial charge is 0.444 e. The maximum absolute atomic E-state index is 12.1. The van der Waals surface area contributed by atoms with Gasteiger partial charge in [0.1, 0.15) is 18.0 Å². The minimum atomic E-state index is -0.928. The molecule has 0 aromatic heterocycles. The van der Waals surface area contributed by atoms with Crippen molar-refractivity contribution in [2.75, 3.05) is 0 Å². The molecule has 138 valence electrons. The Hall–Kier alpha value is -2.39. The number of nitriles is 1. The highest BCUT2D eigenvalue weighted by atomic mass is 16.6. The van der Waals surface area contributed by atoms with Crippen molar-refractivity contribution in [1.29, 1.82) is 5.26 Å². The van der Waals surface area contributed by atoms with E-state index in [1.807, 2.05) is 6.07 Å². The maximum atomic E-state index is 12.1. The minimum Gasteiger partial charge on any atom is -0.444 e. The van der Waals surface area contributed by atoms with E-state index in [0.29, 0.717) is 36.8 Å². The van der Waals surface area contributed by atoms with Crippen LogP contribution in [0.4, 0.5) is 4.79 Å². The van der Waals surface area contributed by atoms with Gasteiger partial charge in [-0.15, -0.1) is 0 Å². The summed E-state index contributed by atoms with van der Waals surface area (Å²) in [4.78, 5) is 23.2. The Morgan fingerprint density at radius 1 is 1.42 bits per heavy atom. The van der Waals surface area contributed by atoms with Crippen LogP contribution in [0, 0.1) is 17.2 Å². The molecule has 1 amide bonds. The number of hydrogen-bond donors (Lipinski definition) is 2. The van der Waals surface area contributed by atoms with Crippen LogP contribution in [0.25, 0.3) is 0 Å². The van der Waals surface area contributed by atoms with E-state index in [2.05, 4.69) is 11.4 Å². The second-order valence-electron chi connectivity index (χ2n) is 8.31. The van der Waals surface area contributed by atoms with Crippen LogP contribution in [-0.2, 0) is 22.4 Å². The number of aliphatic hydroxyl groups is 1. The van der Waals surface area contributed by atoms with Crippen LogP contribution in [0.5, 0.6) is 0 Å². The van der Waals surface area contributed by atoms with Gasteiger partial charge in [-0.1, -0.05) is 6.07 Å². The van der Waals surface area contributed by atoms with E-state index in [1.54, 1.807) is 26.8 Å². The maximum Gasteiger partial charge on any atom is 0.408 e. The van der Waals surface area contributed by atoms with Crippen molar-refractivity contribution in [2.45, 2.75) is 63.7 Å². The number of nitrogens with one attached hydrogen (secondary N) is 1. The van der Waals surface area contributed by atoms with Crippen LogP contribution in [0.15, 0.2) is 12.1 Å². The van der Waals surface area contributed by atoms with Gasteiger partial charge in [-0.05, 0) is 69.2 Å². The number of alkyl carbamates (subject to hydrolysis) is 1. The smallest absolute Gasteiger partial charge is 0.408 e. The second kappa shape index (κ2) is 6.40. The fourth-order valence-electron chi connectivity index (χ4n) is 3.58. The number of aldehydes is 1. The van der Waals surface area contributed by atoms with Crippen molar-refractivity contribution in [2.24, 2.45) is 5.92 Å². The number of carbonyl (C=O) groups is 2. The second-order valence-corrected chi connectivity index (χ2v) is 8.31. The third-order valence-electron chi connectivity index (χ3n) is 5.00. The van der Waals surface area contributed by atoms with Crippen molar-refractivity contribution in [3.63, 3.8) is 0 Å². The van der Waals surface area contributed by atoms with E-state index < -0.39 is 23.3 Å². The number of amides is 1. The monoisotopic (exact) mass is 356 g/mol. The van der Waals surface area contributed by atoms with E-state index in [4.69, 9.17) is 4.74 Å². The Kier molecular flexibility index (Phi) is 4.53. The van der Waals surface area contributed by atoms with E-state index in [1.165, 1.54) is 0 Å². The van der Waals surface area contributed by atoms with Gasteiger partial charge in [-0.25, -0.2) is 4.79 Å². The molecule has 0 bridgehead atoms. The summed E-state index contributed by atoms with van der Waals surface area (Å²) in [5, 5.41) is 23.1. The molecule has 6 nitrogen and oxygen atoms in total. The van der Waals surface area contributed by atoms with Gasteiger partial charge in [0.15, 0.2) is 0 Å². The molecule has 2 aliphatic carbocycles. The Balaban J connectivity index is 1.82. The fourth-order valence-corrected chi connectivity index (χ4v) is 3.58. The molecule has 1 fully saturated rings. The van der Waals surface area contributed by atoms with Gasteiger partial charge < -0.3 is 20.0 Å². The average molecular weight is 356 g/mol. The zero-order valence-corrected chi connectivity index (χ0v) is 15.3. The lowest BCUT2D eigenvalue weighted by Gasteiger charge is -2.27. The summed E-state index contributed by atoms with van der Waals surface area (Å²) in [7, 11) is 0. The highest BCUT2D eigenvalue weighted by molar-refractivity contribution is 5.70. The van der Waals surface area contributed by atoms with Crippen LogP contribution in [-0.4, -0.2) is 28.6 Å². The van der Waals surface area contributed by atoms with Crippen molar-refractivity contribution < 1.29 is 19.4 Å². The summed E-state index contributed by atoms with van der Waals surface area (Å²) < 4.78 is 5.29. The first kappa shape index (κ1) is 18.4. The highest BCUT2D eigenvalue weighted by Gasteiger charge is 2.51. The van der Waals surface area contributed by atoms with Crippen molar-refractivity contribution >= 4 is 12.4 Å². The molecule has 0 aliphatic heterocycles. The van der Waals surface area contributed by atoms with Gasteiger partial charge in [0.2, 0.25) is 0 Å². The first-order valence-electron chi connectivity index (χ1n) is 8.88. The molecule has 0 radical (unpaired) electrons. The summed E-state index contributed by atoms with van der Waals surface area (Å²) in [6.45, 7) is 5.35. The molecule has 2 N–H and O–H groups in total. The lowest BCUT2D eigenvalue weighted by Crippen LogP contribution is -2.44. The Morgan fingerprint density at radius 3 is 2.65 bits per heavy atom. The quantitative estimate of drug-likeness (QED) is 0.808. The molecule has 3 rings (SSSR count). The Bertz CT molecular complexity index is 784. The van der Waals surface area contributed by atoms with Gasteiger partial charge in [0.25, 0.3) is 0 Å². The fraction of sp³-hybridized carbons (Fsp3) is 0.550. The molecule has 2 aliphatic rings. The molecule has 1 aromatic carbocycles. The molecule has 2 atom stereocenters. The first-order chi connectivity index (χ1) is 12.2. The van der Waals surface area contributed by atoms with Crippen LogP contribution < -0.4 is 5.32 Å². The molecule has 0 spiro atoms. The molecule has 26 heavy (non-hydrogen) atoms. The lowest BCUT2D eigenvalue weighted by atomic mass is 9.93. The SMILES string of the molecule is CC(C)(C)OC(=O)NC1(C(O)c2cc(C#N)c3c(c2)CC(C=O)C3)CC1. The molecular weight excluding hydrogens is 332 g/mol. The topological polar surface area (TPSA) is 99.4 Å².